The van der Waals surface area contributed by atoms with Crippen molar-refractivity contribution < 1.29 is 8.78 Å². The van der Waals surface area contributed by atoms with Crippen molar-refractivity contribution in [2.75, 3.05) is 0 Å². The highest BCUT2D eigenvalue weighted by molar-refractivity contribution is 5.85. The highest BCUT2D eigenvalue weighted by Crippen LogP contribution is 2.68. The molecule has 1 unspecified atom stereocenters. The van der Waals surface area contributed by atoms with E-state index in [0.29, 0.717) is 12.8 Å². The van der Waals surface area contributed by atoms with E-state index >= 15 is 0 Å². The largest absolute Gasteiger partial charge is 0.327 e. The lowest BCUT2D eigenvalue weighted by Crippen LogP contribution is -2.57. The van der Waals surface area contributed by atoms with Gasteiger partial charge in [-0.25, -0.2) is 8.78 Å². The minimum absolute atomic E-state index is 0. The first kappa shape index (κ1) is 8.21. The molecule has 2 saturated carbocycles. The Hall–Kier alpha value is 0.110. The highest BCUT2D eigenvalue weighted by Gasteiger charge is 2.73. The van der Waals surface area contributed by atoms with Crippen LogP contribution in [0.15, 0.2) is 0 Å². The van der Waals surface area contributed by atoms with Crippen LogP contribution in [-0.2, 0) is 0 Å². The molecular weight excluding hydrogens is 160 g/mol. The zero-order valence-electron chi connectivity index (χ0n) is 5.44. The average Bonchev–Trinajstić information content (AvgIpc) is 2.40. The molecule has 4 heteroatoms. The fraction of sp³-hybridized carbons (Fsp3) is 1.00. The summed E-state index contributed by atoms with van der Waals surface area (Å²) in [6.45, 7) is 0. The summed E-state index contributed by atoms with van der Waals surface area (Å²) in [7, 11) is 0. The van der Waals surface area contributed by atoms with Gasteiger partial charge in [0.1, 0.15) is 0 Å². The minimum Gasteiger partial charge on any atom is -0.327 e. The summed E-state index contributed by atoms with van der Waals surface area (Å²) in [4.78, 5) is 0. The maximum atomic E-state index is 12.5. The summed E-state index contributed by atoms with van der Waals surface area (Å²) in [6, 6.07) is -0.215. The van der Waals surface area contributed by atoms with Gasteiger partial charge < -0.3 is 5.73 Å². The van der Waals surface area contributed by atoms with E-state index in [9.17, 15) is 8.78 Å². The molecule has 10 heavy (non-hydrogen) atoms. The van der Waals surface area contributed by atoms with Crippen LogP contribution in [0.4, 0.5) is 8.78 Å². The number of hydrogen-bond acceptors (Lipinski definition) is 1. The molecule has 0 aromatic rings. The molecule has 0 saturated heterocycles. The van der Waals surface area contributed by atoms with E-state index in [0.717, 1.165) is 0 Å². The van der Waals surface area contributed by atoms with Crippen LogP contribution in [0, 0.1) is 5.41 Å². The number of nitrogens with two attached hydrogens (primary N) is 1. The molecule has 0 amide bonds. The Morgan fingerprint density at radius 1 is 1.30 bits per heavy atom. The van der Waals surface area contributed by atoms with Crippen molar-refractivity contribution in [3.05, 3.63) is 0 Å². The number of alkyl halides is 2. The molecule has 2 rings (SSSR count). The topological polar surface area (TPSA) is 26.0 Å². The number of hydrogen-bond donors (Lipinski definition) is 1. The molecule has 0 heterocycles. The predicted molar refractivity (Wildman–Crippen MR) is 36.5 cm³/mol. The standard InChI is InChI=1S/C6H9F2N.ClH/c7-6(8)3-4(9)5(6)1-2-5;/h4H,1-3,9H2;1H. The number of rotatable bonds is 0. The fourth-order valence-corrected chi connectivity index (χ4v) is 1.69. The van der Waals surface area contributed by atoms with Crippen LogP contribution in [0.25, 0.3) is 0 Å². The summed E-state index contributed by atoms with van der Waals surface area (Å²) in [5.41, 5.74) is 4.69. The van der Waals surface area contributed by atoms with Gasteiger partial charge in [0.05, 0.1) is 0 Å². The summed E-state index contributed by atoms with van der Waals surface area (Å²) in [5.74, 6) is -2.42. The molecular formula is C6H10ClF2N. The lowest BCUT2D eigenvalue weighted by molar-refractivity contribution is -0.162. The van der Waals surface area contributed by atoms with Gasteiger partial charge in [-0.2, -0.15) is 0 Å². The Kier molecular flexibility index (Phi) is 1.50. The maximum Gasteiger partial charge on any atom is 0.256 e. The van der Waals surface area contributed by atoms with Gasteiger partial charge in [-0.1, -0.05) is 0 Å². The predicted octanol–water partition coefficient (Wildman–Crippen LogP) is 1.55. The van der Waals surface area contributed by atoms with Crippen LogP contribution in [0.5, 0.6) is 0 Å². The van der Waals surface area contributed by atoms with Crippen molar-refractivity contribution in [3.63, 3.8) is 0 Å². The molecule has 60 valence electrons. The van der Waals surface area contributed by atoms with Gasteiger partial charge in [0.25, 0.3) is 5.92 Å². The second-order valence-electron chi connectivity index (χ2n) is 3.17. The summed E-state index contributed by atoms with van der Waals surface area (Å²) >= 11 is 0. The third-order valence-corrected chi connectivity index (χ3v) is 2.70. The zero-order chi connectivity index (χ0) is 6.70. The lowest BCUT2D eigenvalue weighted by atomic mass is 9.72. The molecule has 1 nitrogen and oxygen atoms in total. The van der Waals surface area contributed by atoms with Crippen molar-refractivity contribution >= 4 is 12.4 Å². The van der Waals surface area contributed by atoms with Crippen LogP contribution in [0.1, 0.15) is 19.3 Å². The van der Waals surface area contributed by atoms with Crippen LogP contribution in [-0.4, -0.2) is 12.0 Å². The van der Waals surface area contributed by atoms with E-state index in [1.54, 1.807) is 0 Å². The molecule has 2 aliphatic rings. The first-order valence-corrected chi connectivity index (χ1v) is 3.22. The molecule has 0 bridgehead atoms. The smallest absolute Gasteiger partial charge is 0.256 e. The van der Waals surface area contributed by atoms with E-state index in [2.05, 4.69) is 0 Å². The second kappa shape index (κ2) is 1.83. The molecule has 2 fully saturated rings. The van der Waals surface area contributed by atoms with Gasteiger partial charge >= 0.3 is 0 Å². The quantitative estimate of drug-likeness (QED) is 0.585. The SMILES string of the molecule is Cl.NC1CC(F)(F)C12CC2. The van der Waals surface area contributed by atoms with Crippen LogP contribution in [0.3, 0.4) is 0 Å². The van der Waals surface area contributed by atoms with Crippen LogP contribution in [0.2, 0.25) is 0 Å². The van der Waals surface area contributed by atoms with Gasteiger partial charge in [0.15, 0.2) is 0 Å². The number of halogens is 3. The zero-order valence-corrected chi connectivity index (χ0v) is 6.26. The van der Waals surface area contributed by atoms with Gasteiger partial charge in [-0.15, -0.1) is 12.4 Å². The molecule has 1 atom stereocenters. The van der Waals surface area contributed by atoms with Gasteiger partial charge in [0, 0.05) is 17.9 Å². The summed E-state index contributed by atoms with van der Waals surface area (Å²) in [6.07, 6.45) is 1.19. The highest BCUT2D eigenvalue weighted by atomic mass is 35.5. The van der Waals surface area contributed by atoms with E-state index in [1.807, 2.05) is 0 Å². The van der Waals surface area contributed by atoms with Crippen LogP contribution < -0.4 is 5.73 Å². The van der Waals surface area contributed by atoms with Crippen molar-refractivity contribution in [3.8, 4) is 0 Å². The van der Waals surface area contributed by atoms with Crippen molar-refractivity contribution in [2.24, 2.45) is 11.1 Å². The van der Waals surface area contributed by atoms with Crippen molar-refractivity contribution in [1.29, 1.82) is 0 Å². The Bertz CT molecular complexity index is 156. The van der Waals surface area contributed by atoms with E-state index in [4.69, 9.17) is 5.73 Å². The lowest BCUT2D eigenvalue weighted by Gasteiger charge is -2.43. The Morgan fingerprint density at radius 2 is 1.80 bits per heavy atom. The molecule has 0 aromatic carbocycles. The third kappa shape index (κ3) is 0.650. The van der Waals surface area contributed by atoms with Crippen LogP contribution >= 0.6 is 12.4 Å². The summed E-state index contributed by atoms with van der Waals surface area (Å²) < 4.78 is 25.1. The minimum atomic E-state index is -2.42. The fourth-order valence-electron chi connectivity index (χ4n) is 1.69. The van der Waals surface area contributed by atoms with Gasteiger partial charge in [-0.05, 0) is 12.8 Å². The van der Waals surface area contributed by atoms with E-state index in [1.165, 1.54) is 0 Å². The van der Waals surface area contributed by atoms with E-state index in [-0.39, 0.29) is 24.9 Å². The monoisotopic (exact) mass is 169 g/mol. The molecule has 2 aliphatic carbocycles. The molecule has 0 aliphatic heterocycles. The maximum absolute atomic E-state index is 12.5. The molecule has 2 N–H and O–H groups in total. The second-order valence-corrected chi connectivity index (χ2v) is 3.17. The Morgan fingerprint density at radius 3 is 1.90 bits per heavy atom. The third-order valence-electron chi connectivity index (χ3n) is 2.70. The Balaban J connectivity index is 0.000000500. The summed E-state index contributed by atoms with van der Waals surface area (Å²) in [5, 5.41) is 0. The van der Waals surface area contributed by atoms with Crippen molar-refractivity contribution in [2.45, 2.75) is 31.2 Å². The first-order chi connectivity index (χ1) is 4.08. The van der Waals surface area contributed by atoms with E-state index < -0.39 is 11.3 Å². The molecule has 0 radical (unpaired) electrons. The molecule has 0 aromatic heterocycles. The first-order valence-electron chi connectivity index (χ1n) is 3.22. The van der Waals surface area contributed by atoms with Gasteiger partial charge in [-0.3, -0.25) is 0 Å². The van der Waals surface area contributed by atoms with Gasteiger partial charge in [0.2, 0.25) is 0 Å². The normalized spacial score (nSPS) is 38.1. The molecule has 1 spiro atoms. The van der Waals surface area contributed by atoms with Crippen molar-refractivity contribution in [1.82, 2.24) is 0 Å². The average molecular weight is 170 g/mol. The Labute approximate surface area is 64.4 Å².